The number of methoxy groups -OCH3 is 3. The topological polar surface area (TPSA) is 51.2 Å². The van der Waals surface area contributed by atoms with Gasteiger partial charge < -0.3 is 24.0 Å². The molecule has 156 valence electrons. The summed E-state index contributed by atoms with van der Waals surface area (Å²) >= 11 is 0. The van der Waals surface area contributed by atoms with Crippen LogP contribution in [0.3, 0.4) is 0 Å². The highest BCUT2D eigenvalue weighted by molar-refractivity contribution is 5.98. The molecule has 2 fully saturated rings. The highest BCUT2D eigenvalue weighted by atomic mass is 16.5. The van der Waals surface area contributed by atoms with Crippen LogP contribution in [0.15, 0.2) is 12.1 Å². The Labute approximate surface area is 168 Å². The predicted octanol–water partition coefficient (Wildman–Crippen LogP) is 3.44. The van der Waals surface area contributed by atoms with Gasteiger partial charge in [-0.25, -0.2) is 0 Å². The fraction of sp³-hybridized carbons (Fsp3) is 0.682. The Morgan fingerprint density at radius 1 is 0.893 bits per heavy atom. The first-order valence-corrected chi connectivity index (χ1v) is 10.5. The molecule has 1 aromatic rings. The van der Waals surface area contributed by atoms with Crippen LogP contribution in [0.2, 0.25) is 0 Å². The van der Waals surface area contributed by atoms with Crippen LogP contribution in [0.25, 0.3) is 0 Å². The Kier molecular flexibility index (Phi) is 7.43. The van der Waals surface area contributed by atoms with Crippen LogP contribution in [-0.2, 0) is 0 Å². The van der Waals surface area contributed by atoms with Gasteiger partial charge in [0.1, 0.15) is 0 Å². The molecule has 6 nitrogen and oxygen atoms in total. The molecule has 1 aliphatic carbocycles. The van der Waals surface area contributed by atoms with Gasteiger partial charge in [0.15, 0.2) is 11.5 Å². The Bertz CT molecular complexity index is 658. The zero-order valence-electron chi connectivity index (χ0n) is 17.5. The molecule has 1 amide bonds. The summed E-state index contributed by atoms with van der Waals surface area (Å²) in [6.07, 6.45) is 7.88. The first-order valence-electron chi connectivity index (χ1n) is 10.5. The molecule has 1 saturated heterocycles. The van der Waals surface area contributed by atoms with E-state index in [4.69, 9.17) is 14.2 Å². The number of carbonyl (C=O) groups is 1. The van der Waals surface area contributed by atoms with E-state index in [1.165, 1.54) is 38.6 Å². The highest BCUT2D eigenvalue weighted by Crippen LogP contribution is 2.40. The fourth-order valence-electron chi connectivity index (χ4n) is 4.53. The van der Waals surface area contributed by atoms with Gasteiger partial charge in [-0.1, -0.05) is 19.3 Å². The number of hydrogen-bond donors (Lipinski definition) is 0. The van der Waals surface area contributed by atoms with Gasteiger partial charge in [-0.3, -0.25) is 4.79 Å². The minimum atomic E-state index is -0.00248. The molecular weight excluding hydrogens is 356 g/mol. The van der Waals surface area contributed by atoms with E-state index in [2.05, 4.69) is 4.90 Å². The molecule has 0 unspecified atom stereocenters. The van der Waals surface area contributed by atoms with Crippen LogP contribution in [0, 0.1) is 5.92 Å². The van der Waals surface area contributed by atoms with Crippen molar-refractivity contribution in [1.82, 2.24) is 9.80 Å². The van der Waals surface area contributed by atoms with E-state index in [-0.39, 0.29) is 5.91 Å². The third kappa shape index (κ3) is 4.72. The summed E-state index contributed by atoms with van der Waals surface area (Å²) in [7, 11) is 4.70. The lowest BCUT2D eigenvalue weighted by molar-refractivity contribution is 0.0755. The zero-order chi connectivity index (χ0) is 19.9. The molecule has 0 bridgehead atoms. The van der Waals surface area contributed by atoms with Crippen molar-refractivity contribution in [2.24, 2.45) is 5.92 Å². The number of ether oxygens (including phenoxy) is 3. The minimum Gasteiger partial charge on any atom is -0.493 e. The summed E-state index contributed by atoms with van der Waals surface area (Å²) in [4.78, 5) is 17.7. The summed E-state index contributed by atoms with van der Waals surface area (Å²) in [6, 6.07) is 3.54. The van der Waals surface area contributed by atoms with Crippen LogP contribution >= 0.6 is 0 Å². The second kappa shape index (κ2) is 10.0. The maximum atomic E-state index is 13.2. The third-order valence-corrected chi connectivity index (χ3v) is 6.05. The highest BCUT2D eigenvalue weighted by Gasteiger charge is 2.27. The second-order valence-corrected chi connectivity index (χ2v) is 7.83. The number of nitrogens with zero attached hydrogens (tertiary/aromatic N) is 2. The van der Waals surface area contributed by atoms with Crippen molar-refractivity contribution in [2.45, 2.75) is 38.5 Å². The molecule has 6 heteroatoms. The van der Waals surface area contributed by atoms with Crippen molar-refractivity contribution >= 4 is 5.91 Å². The number of hydrogen-bond acceptors (Lipinski definition) is 5. The van der Waals surface area contributed by atoms with E-state index in [1.807, 2.05) is 4.90 Å². The van der Waals surface area contributed by atoms with Crippen molar-refractivity contribution in [1.29, 1.82) is 0 Å². The van der Waals surface area contributed by atoms with Crippen molar-refractivity contribution in [3.05, 3.63) is 17.7 Å². The van der Waals surface area contributed by atoms with E-state index in [9.17, 15) is 4.79 Å². The molecule has 2 aliphatic rings. The number of amides is 1. The lowest BCUT2D eigenvalue weighted by atomic mass is 9.89. The molecule has 0 spiro atoms. The van der Waals surface area contributed by atoms with E-state index in [0.29, 0.717) is 22.8 Å². The maximum Gasteiger partial charge on any atom is 0.257 e. The van der Waals surface area contributed by atoms with Gasteiger partial charge in [-0.2, -0.15) is 0 Å². The van der Waals surface area contributed by atoms with Crippen LogP contribution in [0.4, 0.5) is 0 Å². The smallest absolute Gasteiger partial charge is 0.257 e. The molecule has 3 rings (SSSR count). The standard InChI is InChI=1S/C22H34N2O4/c1-26-19-11-10-18(20(27-2)21(19)28-3)22(25)24-13-7-12-23(14-15-24)16-17-8-5-4-6-9-17/h10-11,17H,4-9,12-16H2,1-3H3. The summed E-state index contributed by atoms with van der Waals surface area (Å²) in [5.41, 5.74) is 0.529. The Morgan fingerprint density at radius 3 is 2.32 bits per heavy atom. The van der Waals surface area contributed by atoms with Crippen molar-refractivity contribution in [3.63, 3.8) is 0 Å². The van der Waals surface area contributed by atoms with Gasteiger partial charge in [0.25, 0.3) is 5.91 Å². The average Bonchev–Trinajstić information content (AvgIpc) is 2.98. The first-order chi connectivity index (χ1) is 13.7. The molecule has 0 aromatic heterocycles. The molecule has 1 heterocycles. The largest absolute Gasteiger partial charge is 0.493 e. The summed E-state index contributed by atoms with van der Waals surface area (Å²) in [6.45, 7) is 4.73. The predicted molar refractivity (Wildman–Crippen MR) is 110 cm³/mol. The number of benzene rings is 1. The Balaban J connectivity index is 1.67. The third-order valence-electron chi connectivity index (χ3n) is 6.05. The number of carbonyl (C=O) groups excluding carboxylic acids is 1. The Morgan fingerprint density at radius 2 is 1.64 bits per heavy atom. The lowest BCUT2D eigenvalue weighted by Crippen LogP contribution is -2.37. The monoisotopic (exact) mass is 390 g/mol. The van der Waals surface area contributed by atoms with Gasteiger partial charge in [-0.15, -0.1) is 0 Å². The van der Waals surface area contributed by atoms with Gasteiger partial charge >= 0.3 is 0 Å². The van der Waals surface area contributed by atoms with Crippen molar-refractivity contribution in [2.75, 3.05) is 54.1 Å². The van der Waals surface area contributed by atoms with E-state index >= 15 is 0 Å². The summed E-state index contributed by atoms with van der Waals surface area (Å²) in [5, 5.41) is 0. The van der Waals surface area contributed by atoms with E-state index < -0.39 is 0 Å². The Hall–Kier alpha value is -1.95. The zero-order valence-corrected chi connectivity index (χ0v) is 17.5. The molecular formula is C22H34N2O4. The van der Waals surface area contributed by atoms with Gasteiger partial charge in [0, 0.05) is 26.2 Å². The van der Waals surface area contributed by atoms with Crippen LogP contribution in [0.1, 0.15) is 48.9 Å². The first kappa shape index (κ1) is 20.8. The van der Waals surface area contributed by atoms with E-state index in [0.717, 1.165) is 38.5 Å². The van der Waals surface area contributed by atoms with Crippen LogP contribution in [-0.4, -0.2) is 69.8 Å². The van der Waals surface area contributed by atoms with Gasteiger partial charge in [-0.05, 0) is 43.9 Å². The molecule has 0 atom stereocenters. The molecule has 0 radical (unpaired) electrons. The normalized spacial score (nSPS) is 19.2. The maximum absolute atomic E-state index is 13.2. The fourth-order valence-corrected chi connectivity index (χ4v) is 4.53. The minimum absolute atomic E-state index is 0.00248. The SMILES string of the molecule is COc1ccc(C(=O)N2CCCN(CC3CCCCC3)CC2)c(OC)c1OC. The van der Waals surface area contributed by atoms with Gasteiger partial charge in [0.2, 0.25) is 5.75 Å². The van der Waals surface area contributed by atoms with Crippen molar-refractivity contribution < 1.29 is 19.0 Å². The lowest BCUT2D eigenvalue weighted by Gasteiger charge is -2.29. The average molecular weight is 391 g/mol. The van der Waals surface area contributed by atoms with E-state index in [1.54, 1.807) is 33.5 Å². The van der Waals surface area contributed by atoms with Crippen LogP contribution < -0.4 is 14.2 Å². The molecule has 28 heavy (non-hydrogen) atoms. The number of rotatable bonds is 6. The van der Waals surface area contributed by atoms with Gasteiger partial charge in [0.05, 0.1) is 26.9 Å². The molecule has 1 aliphatic heterocycles. The summed E-state index contributed by atoms with van der Waals surface area (Å²) in [5.74, 6) is 2.30. The molecule has 0 N–H and O–H groups in total. The molecule has 1 aromatic carbocycles. The summed E-state index contributed by atoms with van der Waals surface area (Å²) < 4.78 is 16.3. The molecule has 1 saturated carbocycles. The quantitative estimate of drug-likeness (QED) is 0.745. The van der Waals surface area contributed by atoms with Crippen LogP contribution in [0.5, 0.6) is 17.2 Å². The second-order valence-electron chi connectivity index (χ2n) is 7.83. The van der Waals surface area contributed by atoms with Crippen molar-refractivity contribution in [3.8, 4) is 17.2 Å².